The van der Waals surface area contributed by atoms with Gasteiger partial charge in [0.15, 0.2) is 0 Å². The van der Waals surface area contributed by atoms with E-state index in [1.165, 1.54) is 16.0 Å². The molecule has 2 aromatic heterocycles. The number of H-pyrrole nitrogens is 1. The molecule has 0 radical (unpaired) electrons. The van der Waals surface area contributed by atoms with Crippen LogP contribution in [0.1, 0.15) is 5.69 Å². The van der Waals surface area contributed by atoms with Gasteiger partial charge in [-0.1, -0.05) is 0 Å². The fraction of sp³-hybridized carbons (Fsp3) is 0.143. The Balaban J connectivity index is 2.61. The average molecular weight is 181 g/mol. The molecule has 4 nitrogen and oxygen atoms in total. The SMILES string of the molecule is Cc1cc(=O)n(-c2nccs2)[nH]1. The summed E-state index contributed by atoms with van der Waals surface area (Å²) in [6, 6.07) is 1.54. The van der Waals surface area contributed by atoms with Crippen LogP contribution in [0, 0.1) is 6.92 Å². The van der Waals surface area contributed by atoms with Crippen LogP contribution in [-0.4, -0.2) is 14.8 Å². The standard InChI is InChI=1S/C7H7N3OS/c1-5-4-6(11)10(9-5)7-8-2-3-12-7/h2-4,9H,1H3. The second-order valence-electron chi connectivity index (χ2n) is 2.43. The summed E-state index contributed by atoms with van der Waals surface area (Å²) in [6.07, 6.45) is 1.67. The molecule has 5 heteroatoms. The smallest absolute Gasteiger partial charge is 0.273 e. The highest BCUT2D eigenvalue weighted by molar-refractivity contribution is 7.12. The van der Waals surface area contributed by atoms with Crippen molar-refractivity contribution in [3.63, 3.8) is 0 Å². The summed E-state index contributed by atoms with van der Waals surface area (Å²) in [7, 11) is 0. The van der Waals surface area contributed by atoms with Crippen LogP contribution in [0.2, 0.25) is 0 Å². The summed E-state index contributed by atoms with van der Waals surface area (Å²) in [5, 5.41) is 5.40. The Bertz CT molecular complexity index is 426. The van der Waals surface area contributed by atoms with Crippen LogP contribution >= 0.6 is 11.3 Å². The van der Waals surface area contributed by atoms with E-state index in [1.807, 2.05) is 12.3 Å². The largest absolute Gasteiger partial charge is 0.293 e. The molecular formula is C7H7N3OS. The van der Waals surface area contributed by atoms with Gasteiger partial charge in [-0.2, -0.15) is 4.68 Å². The lowest BCUT2D eigenvalue weighted by molar-refractivity contribution is 0.826. The molecule has 0 saturated heterocycles. The van der Waals surface area contributed by atoms with Crippen molar-refractivity contribution in [3.05, 3.63) is 33.7 Å². The maximum Gasteiger partial charge on any atom is 0.273 e. The number of nitrogens with one attached hydrogen (secondary N) is 1. The monoisotopic (exact) mass is 181 g/mol. The van der Waals surface area contributed by atoms with Crippen LogP contribution in [0.5, 0.6) is 0 Å². The van der Waals surface area contributed by atoms with E-state index in [0.717, 1.165) is 5.69 Å². The van der Waals surface area contributed by atoms with Crippen LogP contribution in [0.25, 0.3) is 5.13 Å². The molecule has 0 amide bonds. The van der Waals surface area contributed by atoms with Gasteiger partial charge in [-0.3, -0.25) is 9.89 Å². The van der Waals surface area contributed by atoms with E-state index in [9.17, 15) is 4.79 Å². The molecule has 2 heterocycles. The average Bonchev–Trinajstić information content (AvgIpc) is 2.58. The van der Waals surface area contributed by atoms with E-state index < -0.39 is 0 Å². The molecular weight excluding hydrogens is 174 g/mol. The summed E-state index contributed by atoms with van der Waals surface area (Å²) in [5.41, 5.74) is 0.776. The Labute approximate surface area is 72.5 Å². The molecule has 0 aromatic carbocycles. The third-order valence-electron chi connectivity index (χ3n) is 1.46. The summed E-state index contributed by atoms with van der Waals surface area (Å²) < 4.78 is 1.43. The first-order chi connectivity index (χ1) is 5.77. The van der Waals surface area contributed by atoms with E-state index in [-0.39, 0.29) is 5.56 Å². The molecule has 0 atom stereocenters. The number of nitrogens with zero attached hydrogens (tertiary/aromatic N) is 2. The van der Waals surface area contributed by atoms with Crippen molar-refractivity contribution in [3.8, 4) is 5.13 Å². The molecule has 2 aromatic rings. The Morgan fingerprint density at radius 2 is 2.50 bits per heavy atom. The number of rotatable bonds is 1. The zero-order valence-electron chi connectivity index (χ0n) is 6.44. The summed E-state index contributed by atoms with van der Waals surface area (Å²) in [4.78, 5) is 15.2. The summed E-state index contributed by atoms with van der Waals surface area (Å²) in [6.45, 7) is 1.84. The van der Waals surface area contributed by atoms with Crippen LogP contribution < -0.4 is 5.56 Å². The van der Waals surface area contributed by atoms with Crippen LogP contribution in [0.3, 0.4) is 0 Å². The third-order valence-corrected chi connectivity index (χ3v) is 2.22. The molecule has 0 fully saturated rings. The zero-order chi connectivity index (χ0) is 8.55. The molecule has 2 rings (SSSR count). The topological polar surface area (TPSA) is 50.7 Å². The predicted molar refractivity (Wildman–Crippen MR) is 46.8 cm³/mol. The Morgan fingerprint density at radius 1 is 1.67 bits per heavy atom. The van der Waals surface area contributed by atoms with Crippen molar-refractivity contribution in [1.82, 2.24) is 14.8 Å². The molecule has 1 N–H and O–H groups in total. The van der Waals surface area contributed by atoms with E-state index in [0.29, 0.717) is 5.13 Å². The first kappa shape index (κ1) is 7.30. The number of aromatic amines is 1. The van der Waals surface area contributed by atoms with Crippen molar-refractivity contribution in [2.75, 3.05) is 0 Å². The van der Waals surface area contributed by atoms with Crippen molar-refractivity contribution in [2.45, 2.75) is 6.92 Å². The zero-order valence-corrected chi connectivity index (χ0v) is 7.26. The van der Waals surface area contributed by atoms with Crippen LogP contribution in [0.4, 0.5) is 0 Å². The van der Waals surface area contributed by atoms with Gasteiger partial charge in [0.2, 0.25) is 5.13 Å². The fourth-order valence-electron chi connectivity index (χ4n) is 0.982. The van der Waals surface area contributed by atoms with Gasteiger partial charge in [-0.25, -0.2) is 4.98 Å². The lowest BCUT2D eigenvalue weighted by Crippen LogP contribution is -2.12. The summed E-state index contributed by atoms with van der Waals surface area (Å²) >= 11 is 1.42. The van der Waals surface area contributed by atoms with Gasteiger partial charge in [0.25, 0.3) is 5.56 Å². The molecule has 0 saturated carbocycles. The van der Waals surface area contributed by atoms with Crippen molar-refractivity contribution >= 4 is 11.3 Å². The number of aromatic nitrogens is 3. The van der Waals surface area contributed by atoms with Crippen molar-refractivity contribution < 1.29 is 0 Å². The highest BCUT2D eigenvalue weighted by atomic mass is 32.1. The van der Waals surface area contributed by atoms with Gasteiger partial charge in [-0.05, 0) is 6.92 Å². The Kier molecular flexibility index (Phi) is 1.58. The number of hydrogen-bond donors (Lipinski definition) is 1. The maximum absolute atomic E-state index is 11.2. The van der Waals surface area contributed by atoms with Gasteiger partial charge in [-0.15, -0.1) is 11.3 Å². The van der Waals surface area contributed by atoms with E-state index >= 15 is 0 Å². The van der Waals surface area contributed by atoms with Gasteiger partial charge in [0, 0.05) is 23.3 Å². The first-order valence-electron chi connectivity index (χ1n) is 3.46. The van der Waals surface area contributed by atoms with Gasteiger partial charge in [0.1, 0.15) is 0 Å². The van der Waals surface area contributed by atoms with Gasteiger partial charge >= 0.3 is 0 Å². The van der Waals surface area contributed by atoms with E-state index in [2.05, 4.69) is 10.1 Å². The Hall–Kier alpha value is -1.36. The molecule has 62 valence electrons. The van der Waals surface area contributed by atoms with Gasteiger partial charge in [0.05, 0.1) is 0 Å². The van der Waals surface area contributed by atoms with Gasteiger partial charge < -0.3 is 0 Å². The molecule has 0 bridgehead atoms. The molecule has 0 aliphatic rings. The molecule has 0 spiro atoms. The lowest BCUT2D eigenvalue weighted by atomic mass is 10.5. The summed E-state index contributed by atoms with van der Waals surface area (Å²) in [5.74, 6) is 0. The van der Waals surface area contributed by atoms with E-state index in [1.54, 1.807) is 12.3 Å². The first-order valence-corrected chi connectivity index (χ1v) is 4.34. The number of hydrogen-bond acceptors (Lipinski definition) is 3. The minimum Gasteiger partial charge on any atom is -0.293 e. The minimum absolute atomic E-state index is 0.0672. The highest BCUT2D eigenvalue weighted by Crippen LogP contribution is 2.06. The number of thiazole rings is 1. The normalized spacial score (nSPS) is 10.4. The predicted octanol–water partition coefficient (Wildman–Crippen LogP) is 0.931. The lowest BCUT2D eigenvalue weighted by Gasteiger charge is -1.92. The highest BCUT2D eigenvalue weighted by Gasteiger charge is 2.03. The molecule has 0 aliphatic carbocycles. The second kappa shape index (κ2) is 2.60. The van der Waals surface area contributed by atoms with Crippen molar-refractivity contribution in [2.24, 2.45) is 0 Å². The fourth-order valence-corrected chi connectivity index (χ4v) is 1.59. The number of aryl methyl sites for hydroxylation is 1. The minimum atomic E-state index is -0.0672. The molecule has 12 heavy (non-hydrogen) atoms. The van der Waals surface area contributed by atoms with Crippen LogP contribution in [-0.2, 0) is 0 Å². The molecule has 0 unspecified atom stereocenters. The quantitative estimate of drug-likeness (QED) is 0.711. The van der Waals surface area contributed by atoms with Crippen LogP contribution in [0.15, 0.2) is 22.4 Å². The van der Waals surface area contributed by atoms with E-state index in [4.69, 9.17) is 0 Å². The maximum atomic E-state index is 11.2. The third kappa shape index (κ3) is 1.08. The molecule has 0 aliphatic heterocycles. The second-order valence-corrected chi connectivity index (χ2v) is 3.30. The van der Waals surface area contributed by atoms with Crippen molar-refractivity contribution in [1.29, 1.82) is 0 Å². The Morgan fingerprint density at radius 3 is 3.00 bits per heavy atom.